The van der Waals surface area contributed by atoms with Crippen LogP contribution in [-0.4, -0.2) is 11.9 Å². The Kier molecular flexibility index (Phi) is 4.75. The molecule has 0 atom stereocenters. The lowest BCUT2D eigenvalue weighted by Gasteiger charge is -2.16. The average Bonchev–Trinajstić information content (AvgIpc) is 2.73. The molecule has 1 aromatic carbocycles. The van der Waals surface area contributed by atoms with E-state index in [0.29, 0.717) is 6.54 Å². The van der Waals surface area contributed by atoms with Gasteiger partial charge in [-0.3, -0.25) is 4.90 Å². The van der Waals surface area contributed by atoms with Crippen molar-refractivity contribution in [1.82, 2.24) is 4.90 Å². The van der Waals surface area contributed by atoms with Crippen molar-refractivity contribution in [2.75, 3.05) is 7.05 Å². The fraction of sp³-hybridized carbons (Fsp3) is 0.375. The summed E-state index contributed by atoms with van der Waals surface area (Å²) in [4.78, 5) is 5.01. The molecule has 2 aromatic rings. The predicted molar refractivity (Wildman–Crippen MR) is 83.3 cm³/mol. The molecule has 1 aromatic heterocycles. The number of rotatable bonds is 5. The Morgan fingerprint density at radius 1 is 1.11 bits per heavy atom. The van der Waals surface area contributed by atoms with Crippen molar-refractivity contribution < 1.29 is 0 Å². The smallest absolute Gasteiger partial charge is 0.0274 e. The summed E-state index contributed by atoms with van der Waals surface area (Å²) < 4.78 is 0. The molecule has 0 unspecified atom stereocenters. The van der Waals surface area contributed by atoms with Crippen molar-refractivity contribution in [2.24, 2.45) is 5.73 Å². The fourth-order valence-electron chi connectivity index (χ4n) is 2.20. The highest BCUT2D eigenvalue weighted by Gasteiger charge is 2.08. The third kappa shape index (κ3) is 3.90. The zero-order chi connectivity index (χ0) is 13.8. The molecule has 0 amide bonds. The molecule has 0 radical (unpaired) electrons. The summed E-state index contributed by atoms with van der Waals surface area (Å²) in [5.74, 6) is 0. The highest BCUT2D eigenvalue weighted by molar-refractivity contribution is 7.12. The zero-order valence-corrected chi connectivity index (χ0v) is 12.8. The lowest BCUT2D eigenvalue weighted by atomic mass is 10.1. The fourth-order valence-corrected chi connectivity index (χ4v) is 3.13. The van der Waals surface area contributed by atoms with Crippen LogP contribution in [-0.2, 0) is 19.6 Å². The van der Waals surface area contributed by atoms with E-state index in [1.54, 1.807) is 0 Å². The molecule has 19 heavy (non-hydrogen) atoms. The van der Waals surface area contributed by atoms with Gasteiger partial charge in [-0.15, -0.1) is 11.3 Å². The second kappa shape index (κ2) is 6.33. The largest absolute Gasteiger partial charge is 0.326 e. The summed E-state index contributed by atoms with van der Waals surface area (Å²) in [6.07, 6.45) is 0. The van der Waals surface area contributed by atoms with E-state index < -0.39 is 0 Å². The standard InChI is InChI=1S/C16H22N2S/c1-12-4-6-14(7-5-12)10-18(3)11-15-8-16(9-17)19-13(15)2/h4-8H,9-11,17H2,1-3H3. The maximum absolute atomic E-state index is 5.70. The number of aryl methyl sites for hydroxylation is 2. The summed E-state index contributed by atoms with van der Waals surface area (Å²) in [5.41, 5.74) is 9.77. The monoisotopic (exact) mass is 274 g/mol. The van der Waals surface area contributed by atoms with Gasteiger partial charge in [0.25, 0.3) is 0 Å². The summed E-state index contributed by atoms with van der Waals surface area (Å²) >= 11 is 1.81. The van der Waals surface area contributed by atoms with Crippen molar-refractivity contribution in [2.45, 2.75) is 33.5 Å². The highest BCUT2D eigenvalue weighted by atomic mass is 32.1. The van der Waals surface area contributed by atoms with Crippen molar-refractivity contribution in [1.29, 1.82) is 0 Å². The van der Waals surface area contributed by atoms with Gasteiger partial charge in [0.2, 0.25) is 0 Å². The number of nitrogens with zero attached hydrogens (tertiary/aromatic N) is 1. The molecular weight excluding hydrogens is 252 g/mol. The van der Waals surface area contributed by atoms with E-state index in [0.717, 1.165) is 13.1 Å². The third-order valence-electron chi connectivity index (χ3n) is 3.29. The first kappa shape index (κ1) is 14.3. The number of hydrogen-bond acceptors (Lipinski definition) is 3. The Bertz CT molecular complexity index is 528. The van der Waals surface area contributed by atoms with Crippen LogP contribution in [0.25, 0.3) is 0 Å². The average molecular weight is 274 g/mol. The van der Waals surface area contributed by atoms with Gasteiger partial charge >= 0.3 is 0 Å². The number of benzene rings is 1. The molecule has 0 saturated carbocycles. The van der Waals surface area contributed by atoms with Crippen LogP contribution in [0, 0.1) is 13.8 Å². The van der Waals surface area contributed by atoms with Crippen LogP contribution in [0.15, 0.2) is 30.3 Å². The van der Waals surface area contributed by atoms with E-state index in [2.05, 4.69) is 56.1 Å². The van der Waals surface area contributed by atoms with Gasteiger partial charge in [0.05, 0.1) is 0 Å². The first-order valence-electron chi connectivity index (χ1n) is 6.61. The summed E-state index contributed by atoms with van der Waals surface area (Å²) in [6, 6.07) is 11.0. The Labute approximate surface area is 119 Å². The summed E-state index contributed by atoms with van der Waals surface area (Å²) in [6.45, 7) is 6.91. The molecule has 0 spiro atoms. The van der Waals surface area contributed by atoms with Crippen LogP contribution < -0.4 is 5.73 Å². The summed E-state index contributed by atoms with van der Waals surface area (Å²) in [5, 5.41) is 0. The van der Waals surface area contributed by atoms with E-state index in [1.165, 1.54) is 26.4 Å². The normalized spacial score (nSPS) is 11.2. The number of nitrogens with two attached hydrogens (primary N) is 1. The Morgan fingerprint density at radius 3 is 2.37 bits per heavy atom. The van der Waals surface area contributed by atoms with Gasteiger partial charge < -0.3 is 5.73 Å². The van der Waals surface area contributed by atoms with E-state index in [4.69, 9.17) is 5.73 Å². The second-order valence-corrected chi connectivity index (χ2v) is 6.50. The topological polar surface area (TPSA) is 29.3 Å². The van der Waals surface area contributed by atoms with Crippen LogP contribution in [0.5, 0.6) is 0 Å². The van der Waals surface area contributed by atoms with Gasteiger partial charge in [-0.25, -0.2) is 0 Å². The van der Waals surface area contributed by atoms with Gasteiger partial charge in [0.15, 0.2) is 0 Å². The lowest BCUT2D eigenvalue weighted by molar-refractivity contribution is 0.319. The zero-order valence-electron chi connectivity index (χ0n) is 11.9. The predicted octanol–water partition coefficient (Wildman–Crippen LogP) is 3.46. The van der Waals surface area contributed by atoms with Gasteiger partial charge in [0.1, 0.15) is 0 Å². The minimum atomic E-state index is 0.646. The van der Waals surface area contributed by atoms with Crippen LogP contribution in [0.1, 0.15) is 26.4 Å². The second-order valence-electron chi connectivity index (χ2n) is 5.16. The van der Waals surface area contributed by atoms with E-state index in [-0.39, 0.29) is 0 Å². The third-order valence-corrected chi connectivity index (χ3v) is 4.40. The molecule has 0 aliphatic rings. The molecule has 2 nitrogen and oxygen atoms in total. The first-order valence-corrected chi connectivity index (χ1v) is 7.42. The quantitative estimate of drug-likeness (QED) is 0.905. The molecule has 1 heterocycles. The van der Waals surface area contributed by atoms with Crippen molar-refractivity contribution in [3.05, 3.63) is 56.8 Å². The van der Waals surface area contributed by atoms with Crippen LogP contribution in [0.4, 0.5) is 0 Å². The lowest BCUT2D eigenvalue weighted by Crippen LogP contribution is -2.17. The molecule has 2 N–H and O–H groups in total. The minimum absolute atomic E-state index is 0.646. The Morgan fingerprint density at radius 2 is 1.79 bits per heavy atom. The number of hydrogen-bond donors (Lipinski definition) is 1. The van der Waals surface area contributed by atoms with E-state index in [1.807, 2.05) is 11.3 Å². The highest BCUT2D eigenvalue weighted by Crippen LogP contribution is 2.22. The molecular formula is C16H22N2S. The van der Waals surface area contributed by atoms with E-state index >= 15 is 0 Å². The molecule has 0 aliphatic heterocycles. The molecule has 102 valence electrons. The van der Waals surface area contributed by atoms with Crippen LogP contribution in [0.3, 0.4) is 0 Å². The SMILES string of the molecule is Cc1ccc(CN(C)Cc2cc(CN)sc2C)cc1. The molecule has 0 fully saturated rings. The van der Waals surface area contributed by atoms with Gasteiger partial charge in [-0.05, 0) is 38.1 Å². The molecule has 0 saturated heterocycles. The maximum atomic E-state index is 5.70. The minimum Gasteiger partial charge on any atom is -0.326 e. The Balaban J connectivity index is 1.98. The molecule has 0 aliphatic carbocycles. The molecule has 3 heteroatoms. The van der Waals surface area contributed by atoms with Gasteiger partial charge in [0, 0.05) is 29.4 Å². The number of thiophene rings is 1. The van der Waals surface area contributed by atoms with Crippen LogP contribution in [0.2, 0.25) is 0 Å². The summed E-state index contributed by atoms with van der Waals surface area (Å²) in [7, 11) is 2.17. The first-order chi connectivity index (χ1) is 9.08. The molecule has 0 bridgehead atoms. The van der Waals surface area contributed by atoms with Gasteiger partial charge in [-0.2, -0.15) is 0 Å². The van der Waals surface area contributed by atoms with Crippen molar-refractivity contribution in [3.63, 3.8) is 0 Å². The van der Waals surface area contributed by atoms with Crippen molar-refractivity contribution >= 4 is 11.3 Å². The van der Waals surface area contributed by atoms with Crippen LogP contribution >= 0.6 is 11.3 Å². The molecule has 2 rings (SSSR count). The van der Waals surface area contributed by atoms with Gasteiger partial charge in [-0.1, -0.05) is 29.8 Å². The maximum Gasteiger partial charge on any atom is 0.0274 e. The van der Waals surface area contributed by atoms with E-state index in [9.17, 15) is 0 Å². The van der Waals surface area contributed by atoms with Crippen molar-refractivity contribution in [3.8, 4) is 0 Å². The Hall–Kier alpha value is -1.16.